The number of aliphatic carboxylic acids is 1. The summed E-state index contributed by atoms with van der Waals surface area (Å²) in [6.45, 7) is 2.97. The standard InChI is InChI=1S/C14H23N3O2S/c1-2-12-15-16-14(20-10-13(18)19)17(12)9-5-8-11-6-3-4-7-11/h11H,2-10H2,1H3,(H,18,19). The van der Waals surface area contributed by atoms with Crippen LogP contribution < -0.4 is 0 Å². The van der Waals surface area contributed by atoms with E-state index in [9.17, 15) is 4.79 Å². The molecule has 1 aromatic heterocycles. The van der Waals surface area contributed by atoms with Crippen LogP contribution >= 0.6 is 11.8 Å². The number of aryl methyl sites for hydroxylation is 1. The van der Waals surface area contributed by atoms with Crippen molar-refractivity contribution < 1.29 is 9.90 Å². The van der Waals surface area contributed by atoms with Gasteiger partial charge in [0.1, 0.15) is 5.82 Å². The zero-order valence-electron chi connectivity index (χ0n) is 12.0. The van der Waals surface area contributed by atoms with Crippen molar-refractivity contribution in [3.63, 3.8) is 0 Å². The Hall–Kier alpha value is -1.04. The van der Waals surface area contributed by atoms with Crippen LogP contribution in [0.5, 0.6) is 0 Å². The summed E-state index contributed by atoms with van der Waals surface area (Å²) in [5.74, 6) is 1.09. The largest absolute Gasteiger partial charge is 0.481 e. The van der Waals surface area contributed by atoms with E-state index in [0.29, 0.717) is 0 Å². The number of carboxylic acid groups (broad SMARTS) is 1. The molecule has 0 bridgehead atoms. The number of rotatable bonds is 8. The van der Waals surface area contributed by atoms with Crippen LogP contribution in [-0.4, -0.2) is 31.6 Å². The Labute approximate surface area is 124 Å². The van der Waals surface area contributed by atoms with Gasteiger partial charge in [-0.2, -0.15) is 0 Å². The molecular weight excluding hydrogens is 274 g/mol. The zero-order chi connectivity index (χ0) is 14.4. The van der Waals surface area contributed by atoms with Crippen molar-refractivity contribution in [1.82, 2.24) is 14.8 Å². The van der Waals surface area contributed by atoms with E-state index < -0.39 is 5.97 Å². The van der Waals surface area contributed by atoms with Gasteiger partial charge in [0.05, 0.1) is 5.75 Å². The molecule has 1 heterocycles. The van der Waals surface area contributed by atoms with Crippen LogP contribution in [0.25, 0.3) is 0 Å². The van der Waals surface area contributed by atoms with Crippen molar-refractivity contribution in [2.75, 3.05) is 5.75 Å². The predicted molar refractivity (Wildman–Crippen MR) is 79.0 cm³/mol. The molecule has 6 heteroatoms. The fraction of sp³-hybridized carbons (Fsp3) is 0.786. The zero-order valence-corrected chi connectivity index (χ0v) is 12.9. The molecule has 20 heavy (non-hydrogen) atoms. The molecule has 0 radical (unpaired) electrons. The maximum atomic E-state index is 10.7. The first-order valence-corrected chi connectivity index (χ1v) is 8.46. The number of hydrogen-bond donors (Lipinski definition) is 1. The van der Waals surface area contributed by atoms with E-state index >= 15 is 0 Å². The molecule has 0 unspecified atom stereocenters. The van der Waals surface area contributed by atoms with E-state index in [1.54, 1.807) is 0 Å². The first-order chi connectivity index (χ1) is 9.70. The number of aromatic nitrogens is 3. The number of carbonyl (C=O) groups is 1. The summed E-state index contributed by atoms with van der Waals surface area (Å²) in [5.41, 5.74) is 0. The minimum Gasteiger partial charge on any atom is -0.481 e. The molecule has 1 saturated carbocycles. The van der Waals surface area contributed by atoms with E-state index in [-0.39, 0.29) is 5.75 Å². The third-order valence-electron chi connectivity index (χ3n) is 3.90. The van der Waals surface area contributed by atoms with Crippen molar-refractivity contribution in [2.24, 2.45) is 5.92 Å². The van der Waals surface area contributed by atoms with Gasteiger partial charge in [-0.15, -0.1) is 10.2 Å². The van der Waals surface area contributed by atoms with Crippen molar-refractivity contribution in [3.05, 3.63) is 5.82 Å². The smallest absolute Gasteiger partial charge is 0.313 e. The lowest BCUT2D eigenvalue weighted by atomic mass is 10.0. The van der Waals surface area contributed by atoms with Gasteiger partial charge in [-0.25, -0.2) is 0 Å². The van der Waals surface area contributed by atoms with Crippen LogP contribution in [0.3, 0.4) is 0 Å². The Morgan fingerprint density at radius 1 is 1.40 bits per heavy atom. The number of nitrogens with zero attached hydrogens (tertiary/aromatic N) is 3. The van der Waals surface area contributed by atoms with Gasteiger partial charge >= 0.3 is 5.97 Å². The molecule has 1 aliphatic rings. The quantitative estimate of drug-likeness (QED) is 0.747. The molecular formula is C14H23N3O2S. The fourth-order valence-corrected chi connectivity index (χ4v) is 3.58. The second-order valence-electron chi connectivity index (χ2n) is 5.38. The Morgan fingerprint density at radius 3 is 2.80 bits per heavy atom. The first-order valence-electron chi connectivity index (χ1n) is 7.47. The molecule has 5 nitrogen and oxygen atoms in total. The van der Waals surface area contributed by atoms with Gasteiger partial charge in [0, 0.05) is 13.0 Å². The molecule has 1 aliphatic carbocycles. The lowest BCUT2D eigenvalue weighted by molar-refractivity contribution is -0.133. The van der Waals surface area contributed by atoms with Gasteiger partial charge in [0.25, 0.3) is 0 Å². The number of thioether (sulfide) groups is 1. The summed E-state index contributed by atoms with van der Waals surface area (Å²) in [6.07, 6.45) is 8.77. The number of hydrogen-bond acceptors (Lipinski definition) is 4. The average molecular weight is 297 g/mol. The normalized spacial score (nSPS) is 15.8. The molecule has 0 spiro atoms. The molecule has 0 saturated heterocycles. The summed E-state index contributed by atoms with van der Waals surface area (Å²) in [5, 5.41) is 17.8. The van der Waals surface area contributed by atoms with Crippen molar-refractivity contribution in [3.8, 4) is 0 Å². The lowest BCUT2D eigenvalue weighted by Gasteiger charge is -2.11. The summed E-state index contributed by atoms with van der Waals surface area (Å²) in [4.78, 5) is 10.7. The topological polar surface area (TPSA) is 68.0 Å². The minimum absolute atomic E-state index is 0.0461. The molecule has 0 aromatic carbocycles. The molecule has 1 fully saturated rings. The van der Waals surface area contributed by atoms with Crippen molar-refractivity contribution in [1.29, 1.82) is 0 Å². The summed E-state index contributed by atoms with van der Waals surface area (Å²) in [7, 11) is 0. The molecule has 0 aliphatic heterocycles. The van der Waals surface area contributed by atoms with Crippen LogP contribution in [0.15, 0.2) is 5.16 Å². The van der Waals surface area contributed by atoms with Crippen LogP contribution in [0.4, 0.5) is 0 Å². The molecule has 0 amide bonds. The van der Waals surface area contributed by atoms with E-state index in [4.69, 9.17) is 5.11 Å². The third kappa shape index (κ3) is 4.23. The average Bonchev–Trinajstić information content (AvgIpc) is 3.06. The van der Waals surface area contributed by atoms with Gasteiger partial charge in [-0.05, 0) is 18.8 Å². The van der Waals surface area contributed by atoms with Gasteiger partial charge in [-0.3, -0.25) is 4.79 Å². The van der Waals surface area contributed by atoms with Crippen molar-refractivity contribution in [2.45, 2.75) is 63.6 Å². The second-order valence-corrected chi connectivity index (χ2v) is 6.32. The SMILES string of the molecule is CCc1nnc(SCC(=O)O)n1CCCC1CCCC1. The Morgan fingerprint density at radius 2 is 2.15 bits per heavy atom. The summed E-state index contributed by atoms with van der Waals surface area (Å²) < 4.78 is 2.10. The van der Waals surface area contributed by atoms with Crippen LogP contribution in [0.1, 0.15) is 51.3 Å². The predicted octanol–water partition coefficient (Wildman–Crippen LogP) is 2.99. The van der Waals surface area contributed by atoms with Gasteiger partial charge in [0.2, 0.25) is 0 Å². The highest BCUT2D eigenvalue weighted by Crippen LogP contribution is 2.29. The fourth-order valence-electron chi connectivity index (χ4n) is 2.88. The van der Waals surface area contributed by atoms with Crippen LogP contribution in [-0.2, 0) is 17.8 Å². The maximum Gasteiger partial charge on any atom is 0.313 e. The summed E-state index contributed by atoms with van der Waals surface area (Å²) >= 11 is 1.26. The number of carboxylic acids is 1. The third-order valence-corrected chi connectivity index (χ3v) is 4.85. The second kappa shape index (κ2) is 7.67. The van der Waals surface area contributed by atoms with Crippen molar-refractivity contribution >= 4 is 17.7 Å². The highest BCUT2D eigenvalue weighted by atomic mass is 32.2. The molecule has 112 valence electrons. The van der Waals surface area contributed by atoms with E-state index in [1.807, 2.05) is 0 Å². The molecule has 0 atom stereocenters. The van der Waals surface area contributed by atoms with Gasteiger partial charge < -0.3 is 9.67 Å². The van der Waals surface area contributed by atoms with Crippen LogP contribution in [0.2, 0.25) is 0 Å². The van der Waals surface area contributed by atoms with E-state index in [1.165, 1.54) is 43.9 Å². The Kier molecular flexibility index (Phi) is 5.88. The monoisotopic (exact) mass is 297 g/mol. The maximum absolute atomic E-state index is 10.7. The van der Waals surface area contributed by atoms with Gasteiger partial charge in [0.15, 0.2) is 5.16 Å². The molecule has 1 N–H and O–H groups in total. The first kappa shape index (κ1) is 15.4. The van der Waals surface area contributed by atoms with E-state index in [2.05, 4.69) is 21.7 Å². The minimum atomic E-state index is -0.812. The highest BCUT2D eigenvalue weighted by molar-refractivity contribution is 7.99. The van der Waals surface area contributed by atoms with E-state index in [0.717, 1.165) is 36.3 Å². The Balaban J connectivity index is 1.89. The molecule has 1 aromatic rings. The Bertz CT molecular complexity index is 442. The summed E-state index contributed by atoms with van der Waals surface area (Å²) in [6, 6.07) is 0. The lowest BCUT2D eigenvalue weighted by Crippen LogP contribution is -2.08. The van der Waals surface area contributed by atoms with Crippen LogP contribution in [0, 0.1) is 5.92 Å². The van der Waals surface area contributed by atoms with Gasteiger partial charge in [-0.1, -0.05) is 44.4 Å². The molecule has 2 rings (SSSR count). The highest BCUT2D eigenvalue weighted by Gasteiger charge is 2.16.